The molecule has 3 aliphatic carbocycles. The third-order valence-electron chi connectivity index (χ3n) is 20.8. The summed E-state index contributed by atoms with van der Waals surface area (Å²) >= 11 is 0. The van der Waals surface area contributed by atoms with E-state index in [2.05, 4.69) is 133 Å². The average molecular weight is 1410 g/mol. The fourth-order valence-corrected chi connectivity index (χ4v) is 15.6. The maximum Gasteiger partial charge on any atom is 0.195 e. The quantitative estimate of drug-likeness (QED) is 0.0807. The van der Waals surface area contributed by atoms with Crippen molar-refractivity contribution < 1.29 is 23.9 Å². The average Bonchev–Trinajstić information content (AvgIpc) is 1.60. The van der Waals surface area contributed by atoms with Gasteiger partial charge in [-0.1, -0.05) is 364 Å². The number of benzene rings is 15. The van der Waals surface area contributed by atoms with E-state index in [1.807, 2.05) is 279 Å². The van der Waals surface area contributed by atoms with E-state index in [0.717, 1.165) is 134 Å². The fourth-order valence-electron chi connectivity index (χ4n) is 15.6. The number of hydrogen-bond acceptors (Lipinski definition) is 5. The van der Waals surface area contributed by atoms with Gasteiger partial charge < -0.3 is 9.47 Å². The van der Waals surface area contributed by atoms with Crippen LogP contribution in [0.4, 0.5) is 0 Å². The van der Waals surface area contributed by atoms with Crippen molar-refractivity contribution >= 4 is 84.2 Å². The highest BCUT2D eigenvalue weighted by Crippen LogP contribution is 2.54. The molecule has 0 atom stereocenters. The van der Waals surface area contributed by atoms with E-state index in [9.17, 15) is 0 Å². The van der Waals surface area contributed by atoms with E-state index in [4.69, 9.17) is 9.47 Å². The topological polar surface area (TPSA) is 69.7 Å². The van der Waals surface area contributed by atoms with E-state index < -0.39 is 0 Å². The van der Waals surface area contributed by atoms with Crippen molar-refractivity contribution in [2.75, 3.05) is 0 Å². The third kappa shape index (κ3) is 13.0. The number of hydrogen-bond donors (Lipinski definition) is 0. The van der Waals surface area contributed by atoms with Crippen LogP contribution in [0.25, 0.3) is 100 Å². The Bertz CT molecular complexity index is 6190. The monoisotopic (exact) mass is 1410 g/mol. The minimum Gasteiger partial charge on any atom is -0.457 e. The molecule has 0 unspecified atom stereocenters. The molecule has 110 heavy (non-hydrogen) atoms. The second kappa shape index (κ2) is 29.7. The molecule has 518 valence electrons. The van der Waals surface area contributed by atoms with E-state index in [1.165, 1.54) is 0 Å². The molecule has 0 fully saturated rings. The molecule has 0 spiro atoms. The lowest BCUT2D eigenvalue weighted by atomic mass is 9.89. The molecule has 18 rings (SSSR count). The zero-order valence-corrected chi connectivity index (χ0v) is 59.8. The molecular weight excluding hydrogens is 1340 g/mol. The fraction of sp³-hybridized carbons (Fsp3) is 0. The molecule has 5 heteroatoms. The standard InChI is InChI=1S/C105H68O5/c106-103-97(77-35-19-6-20-36-77)91(75-31-15-4-16-32-75)94(101(103)85-49-43-73(44-50-85)70-27-11-2-12-28-70)81-55-63-88(64-56-81)110-89-65-57-82(58-66-89)95-96(102(105(108)99(95)79-39-23-8-24-40-79)86-51-45-74(46-52-86)71-29-13-3-14-30-71)83-59-67-90(68-60-83)109-87-61-53-80(54-62-87)93-92(76-33-17-5-18-34-76)100(104(107)98(93)78-37-21-7-22-38-78)84-47-41-72(42-48-84)69-25-9-1-10-26-69/h1-68H. The molecule has 0 N–H and O–H groups in total. The minimum atomic E-state index is -0.0880. The Morgan fingerprint density at radius 3 is 0.391 bits per heavy atom. The van der Waals surface area contributed by atoms with Crippen molar-refractivity contribution in [1.29, 1.82) is 0 Å². The smallest absolute Gasteiger partial charge is 0.195 e. The van der Waals surface area contributed by atoms with Gasteiger partial charge >= 0.3 is 0 Å². The molecular formula is C105H68O5. The lowest BCUT2D eigenvalue weighted by molar-refractivity contribution is -0.109. The highest BCUT2D eigenvalue weighted by molar-refractivity contribution is 6.61. The number of allylic oxidation sites excluding steroid dienone is 12. The SMILES string of the molecule is O=C1C(c2ccc(-c3ccccc3)cc2)=C(c2ccccc2)C(c2ccc(Oc3ccc(C4=C(c5ccc(-c6ccccc6)cc5)C(=O)C(c5ccccc5)=C4c4ccc(Oc5ccc(C6=C(c7ccc(-c8ccccc8)cc7)C(=O)C(c7ccccc7)=C6c6ccccc6)cc5)cc4)cc3)cc2)=C1c1ccccc1. The van der Waals surface area contributed by atoms with Gasteiger partial charge in [-0.2, -0.15) is 0 Å². The van der Waals surface area contributed by atoms with Crippen LogP contribution < -0.4 is 9.47 Å². The molecule has 0 bridgehead atoms. The number of carbonyl (C=O) groups is 3. The van der Waals surface area contributed by atoms with Crippen molar-refractivity contribution in [3.63, 3.8) is 0 Å². The lowest BCUT2D eigenvalue weighted by Gasteiger charge is -2.16. The van der Waals surface area contributed by atoms with Crippen molar-refractivity contribution in [2.24, 2.45) is 0 Å². The van der Waals surface area contributed by atoms with Gasteiger partial charge in [0.25, 0.3) is 0 Å². The van der Waals surface area contributed by atoms with E-state index >= 15 is 14.4 Å². The van der Waals surface area contributed by atoms with E-state index in [-0.39, 0.29) is 17.3 Å². The van der Waals surface area contributed by atoms with E-state index in [1.54, 1.807) is 0 Å². The first-order chi connectivity index (χ1) is 54.3. The highest BCUT2D eigenvalue weighted by atomic mass is 16.5. The molecule has 15 aromatic carbocycles. The molecule has 5 nitrogen and oxygen atoms in total. The van der Waals surface area contributed by atoms with Crippen LogP contribution >= 0.6 is 0 Å². The first-order valence-electron chi connectivity index (χ1n) is 37.0. The second-order valence-corrected chi connectivity index (χ2v) is 27.4. The molecule has 0 aromatic heterocycles. The van der Waals surface area contributed by atoms with Crippen LogP contribution in [0.5, 0.6) is 23.0 Å². The largest absolute Gasteiger partial charge is 0.457 e. The highest BCUT2D eigenvalue weighted by Gasteiger charge is 2.39. The van der Waals surface area contributed by atoms with Crippen LogP contribution in [0.2, 0.25) is 0 Å². The molecule has 0 amide bonds. The van der Waals surface area contributed by atoms with Gasteiger partial charge in [-0.05, 0) is 149 Å². The van der Waals surface area contributed by atoms with Crippen LogP contribution in [-0.4, -0.2) is 17.3 Å². The molecule has 3 aliphatic rings. The Morgan fingerprint density at radius 2 is 0.218 bits per heavy atom. The molecule has 0 saturated carbocycles. The summed E-state index contributed by atoms with van der Waals surface area (Å²) in [5, 5.41) is 0. The van der Waals surface area contributed by atoms with Gasteiger partial charge in [-0.25, -0.2) is 0 Å². The predicted octanol–water partition coefficient (Wildman–Crippen LogP) is 25.6. The van der Waals surface area contributed by atoms with Crippen molar-refractivity contribution in [1.82, 2.24) is 0 Å². The normalized spacial score (nSPS) is 13.7. The summed E-state index contributed by atoms with van der Waals surface area (Å²) < 4.78 is 13.5. The Kier molecular flexibility index (Phi) is 18.2. The van der Waals surface area contributed by atoms with Gasteiger partial charge in [-0.3, -0.25) is 14.4 Å². The van der Waals surface area contributed by atoms with Crippen LogP contribution in [0.1, 0.15) is 66.8 Å². The maximum absolute atomic E-state index is 15.8. The lowest BCUT2D eigenvalue weighted by Crippen LogP contribution is -2.02. The third-order valence-corrected chi connectivity index (χ3v) is 20.8. The minimum absolute atomic E-state index is 0.0349. The molecule has 0 heterocycles. The number of Topliss-reactive ketones (excluding diaryl/α,β-unsaturated/α-hetero) is 3. The number of ether oxygens (including phenoxy) is 2. The number of rotatable bonds is 19. The molecule has 15 aromatic rings. The number of carbonyl (C=O) groups excluding carboxylic acids is 3. The second-order valence-electron chi connectivity index (χ2n) is 27.4. The van der Waals surface area contributed by atoms with Crippen LogP contribution in [0, 0.1) is 0 Å². The zero-order valence-electron chi connectivity index (χ0n) is 59.8. The predicted molar refractivity (Wildman–Crippen MR) is 450 cm³/mol. The Labute approximate surface area is 639 Å². The molecule has 0 saturated heterocycles. The van der Waals surface area contributed by atoms with Crippen LogP contribution in [0.3, 0.4) is 0 Å². The van der Waals surface area contributed by atoms with Crippen LogP contribution in [-0.2, 0) is 14.4 Å². The Hall–Kier alpha value is -14.7. The van der Waals surface area contributed by atoms with Crippen molar-refractivity contribution in [3.8, 4) is 56.4 Å². The van der Waals surface area contributed by atoms with Crippen molar-refractivity contribution in [3.05, 3.63) is 479 Å². The summed E-state index contributed by atoms with van der Waals surface area (Å²) in [6.07, 6.45) is 0. The van der Waals surface area contributed by atoms with E-state index in [0.29, 0.717) is 56.4 Å². The van der Waals surface area contributed by atoms with Crippen LogP contribution in [0.15, 0.2) is 413 Å². The summed E-state index contributed by atoms with van der Waals surface area (Å²) in [5.74, 6) is 2.26. The maximum atomic E-state index is 15.8. The van der Waals surface area contributed by atoms with Gasteiger partial charge in [-0.15, -0.1) is 0 Å². The van der Waals surface area contributed by atoms with Gasteiger partial charge in [0.05, 0.1) is 0 Å². The number of ketones is 3. The van der Waals surface area contributed by atoms with Gasteiger partial charge in [0, 0.05) is 66.9 Å². The summed E-state index contributed by atoms with van der Waals surface area (Å²) in [6.45, 7) is 0. The molecule has 0 aliphatic heterocycles. The molecule has 0 radical (unpaired) electrons. The van der Waals surface area contributed by atoms with Gasteiger partial charge in [0.15, 0.2) is 17.3 Å². The summed E-state index contributed by atoms with van der Waals surface area (Å²) in [7, 11) is 0. The van der Waals surface area contributed by atoms with Crippen molar-refractivity contribution in [2.45, 2.75) is 0 Å². The first kappa shape index (κ1) is 67.2. The summed E-state index contributed by atoms with van der Waals surface area (Å²) in [6, 6.07) is 138. The summed E-state index contributed by atoms with van der Waals surface area (Å²) in [5.41, 5.74) is 25.5. The first-order valence-corrected chi connectivity index (χ1v) is 37.0. The Balaban J connectivity index is 0.683. The zero-order chi connectivity index (χ0) is 73.9. The van der Waals surface area contributed by atoms with Gasteiger partial charge in [0.1, 0.15) is 23.0 Å². The van der Waals surface area contributed by atoms with Gasteiger partial charge in [0.2, 0.25) is 0 Å². The Morgan fingerprint density at radius 1 is 0.109 bits per heavy atom. The summed E-state index contributed by atoms with van der Waals surface area (Å²) in [4.78, 5) is 46.5.